The van der Waals surface area contributed by atoms with E-state index < -0.39 is 0 Å². The van der Waals surface area contributed by atoms with Crippen LogP contribution in [0.4, 0.5) is 0 Å². The van der Waals surface area contributed by atoms with Crippen LogP contribution in [0.2, 0.25) is 0 Å². The van der Waals surface area contributed by atoms with Gasteiger partial charge in [-0.05, 0) is 25.5 Å². The highest BCUT2D eigenvalue weighted by molar-refractivity contribution is 7.09. The van der Waals surface area contributed by atoms with Crippen molar-refractivity contribution in [1.82, 2.24) is 15.3 Å². The Morgan fingerprint density at radius 2 is 2.33 bits per heavy atom. The Bertz CT molecular complexity index is 510. The number of aromatic nitrogens is 2. The number of pyridine rings is 1. The fraction of sp³-hybridized carbons (Fsp3) is 0.308. The number of nitrogens with one attached hydrogen (secondary N) is 1. The monoisotopic (exact) mass is 261 g/mol. The van der Waals surface area contributed by atoms with Crippen LogP contribution in [-0.2, 0) is 17.8 Å². The normalized spacial score (nSPS) is 10.3. The molecule has 0 saturated heterocycles. The number of amides is 1. The maximum absolute atomic E-state index is 11.6. The van der Waals surface area contributed by atoms with Gasteiger partial charge in [0.15, 0.2) is 0 Å². The fourth-order valence-corrected chi connectivity index (χ4v) is 2.25. The van der Waals surface area contributed by atoms with Crippen LogP contribution in [-0.4, -0.2) is 15.9 Å². The van der Waals surface area contributed by atoms with Crippen LogP contribution in [0, 0.1) is 6.92 Å². The first kappa shape index (κ1) is 12.7. The van der Waals surface area contributed by atoms with Crippen molar-refractivity contribution in [3.63, 3.8) is 0 Å². The smallest absolute Gasteiger partial charge is 0.220 e. The molecule has 0 atom stereocenters. The van der Waals surface area contributed by atoms with E-state index in [1.807, 2.05) is 30.5 Å². The van der Waals surface area contributed by atoms with E-state index in [0.717, 1.165) is 16.4 Å². The summed E-state index contributed by atoms with van der Waals surface area (Å²) in [6.45, 7) is 2.46. The summed E-state index contributed by atoms with van der Waals surface area (Å²) in [6, 6.07) is 5.73. The molecule has 0 aliphatic heterocycles. The van der Waals surface area contributed by atoms with Gasteiger partial charge in [0.05, 0.1) is 6.54 Å². The second-order valence-electron chi connectivity index (χ2n) is 3.98. The van der Waals surface area contributed by atoms with E-state index in [1.54, 1.807) is 17.5 Å². The Balaban J connectivity index is 1.73. The first-order valence-corrected chi connectivity index (χ1v) is 6.69. The zero-order valence-corrected chi connectivity index (χ0v) is 11.0. The van der Waals surface area contributed by atoms with Gasteiger partial charge in [0.2, 0.25) is 5.91 Å². The number of hydrogen-bond donors (Lipinski definition) is 1. The molecule has 18 heavy (non-hydrogen) atoms. The molecule has 1 N–H and O–H groups in total. The van der Waals surface area contributed by atoms with E-state index in [2.05, 4.69) is 15.3 Å². The van der Waals surface area contributed by atoms with Gasteiger partial charge in [0, 0.05) is 29.4 Å². The molecular formula is C13H15N3OS. The molecule has 4 nitrogen and oxygen atoms in total. The summed E-state index contributed by atoms with van der Waals surface area (Å²) in [4.78, 5) is 20.1. The van der Waals surface area contributed by atoms with E-state index in [1.165, 1.54) is 0 Å². The van der Waals surface area contributed by atoms with Gasteiger partial charge < -0.3 is 5.32 Å². The fourth-order valence-electron chi connectivity index (χ4n) is 1.53. The average Bonchev–Trinajstić information content (AvgIpc) is 2.81. The molecule has 0 bridgehead atoms. The van der Waals surface area contributed by atoms with Crippen molar-refractivity contribution >= 4 is 17.2 Å². The lowest BCUT2D eigenvalue weighted by Crippen LogP contribution is -2.23. The zero-order valence-electron chi connectivity index (χ0n) is 10.2. The van der Waals surface area contributed by atoms with Gasteiger partial charge in [0.25, 0.3) is 0 Å². The van der Waals surface area contributed by atoms with Crippen LogP contribution in [0.25, 0.3) is 0 Å². The van der Waals surface area contributed by atoms with Crippen molar-refractivity contribution in [1.29, 1.82) is 0 Å². The molecule has 0 fully saturated rings. The summed E-state index contributed by atoms with van der Waals surface area (Å²) >= 11 is 1.57. The summed E-state index contributed by atoms with van der Waals surface area (Å²) < 4.78 is 0. The Labute approximate surface area is 110 Å². The van der Waals surface area contributed by atoms with Crippen molar-refractivity contribution in [2.45, 2.75) is 26.3 Å². The third kappa shape index (κ3) is 3.92. The molecule has 2 heterocycles. The number of carbonyl (C=O) groups is 1. The first-order valence-electron chi connectivity index (χ1n) is 5.81. The van der Waals surface area contributed by atoms with Crippen LogP contribution in [0.5, 0.6) is 0 Å². The Morgan fingerprint density at radius 1 is 1.44 bits per heavy atom. The van der Waals surface area contributed by atoms with Gasteiger partial charge in [-0.1, -0.05) is 6.07 Å². The lowest BCUT2D eigenvalue weighted by Gasteiger charge is -2.02. The van der Waals surface area contributed by atoms with Crippen LogP contribution >= 0.6 is 11.3 Å². The van der Waals surface area contributed by atoms with Gasteiger partial charge in [-0.25, -0.2) is 4.98 Å². The minimum absolute atomic E-state index is 0.0357. The molecule has 2 rings (SSSR count). The highest BCUT2D eigenvalue weighted by Crippen LogP contribution is 2.08. The second-order valence-corrected chi connectivity index (χ2v) is 4.92. The molecule has 0 aliphatic carbocycles. The lowest BCUT2D eigenvalue weighted by molar-refractivity contribution is -0.121. The highest BCUT2D eigenvalue weighted by atomic mass is 32.1. The molecule has 94 valence electrons. The third-order valence-electron chi connectivity index (χ3n) is 2.44. The first-order chi connectivity index (χ1) is 8.74. The van der Waals surface area contributed by atoms with Crippen molar-refractivity contribution in [2.75, 3.05) is 0 Å². The zero-order chi connectivity index (χ0) is 12.8. The number of aryl methyl sites for hydroxylation is 2. The summed E-state index contributed by atoms with van der Waals surface area (Å²) in [5.74, 6) is 0.0357. The molecule has 0 aromatic carbocycles. The summed E-state index contributed by atoms with van der Waals surface area (Å²) in [6.07, 6.45) is 2.87. The topological polar surface area (TPSA) is 54.9 Å². The van der Waals surface area contributed by atoms with Crippen LogP contribution in [0.3, 0.4) is 0 Å². The highest BCUT2D eigenvalue weighted by Gasteiger charge is 2.04. The van der Waals surface area contributed by atoms with E-state index in [0.29, 0.717) is 19.4 Å². The van der Waals surface area contributed by atoms with Crippen molar-refractivity contribution in [2.24, 2.45) is 0 Å². The molecule has 0 spiro atoms. The SMILES string of the molecule is Cc1csc(CNC(=O)CCc2ccccn2)n1. The summed E-state index contributed by atoms with van der Waals surface area (Å²) in [7, 11) is 0. The summed E-state index contributed by atoms with van der Waals surface area (Å²) in [5.41, 5.74) is 1.94. The quantitative estimate of drug-likeness (QED) is 0.896. The van der Waals surface area contributed by atoms with Crippen LogP contribution in [0.15, 0.2) is 29.8 Å². The molecule has 0 saturated carbocycles. The molecule has 0 radical (unpaired) electrons. The molecule has 2 aromatic rings. The molecule has 2 aromatic heterocycles. The minimum Gasteiger partial charge on any atom is -0.350 e. The number of rotatable bonds is 5. The van der Waals surface area contributed by atoms with Gasteiger partial charge in [-0.15, -0.1) is 11.3 Å². The number of carbonyl (C=O) groups excluding carboxylic acids is 1. The summed E-state index contributed by atoms with van der Waals surface area (Å²) in [5, 5.41) is 5.79. The largest absolute Gasteiger partial charge is 0.350 e. The van der Waals surface area contributed by atoms with E-state index in [9.17, 15) is 4.79 Å². The maximum Gasteiger partial charge on any atom is 0.220 e. The van der Waals surface area contributed by atoms with Gasteiger partial charge >= 0.3 is 0 Å². The van der Waals surface area contributed by atoms with Crippen molar-refractivity contribution in [3.05, 3.63) is 46.2 Å². The molecule has 0 aliphatic rings. The molecule has 1 amide bonds. The maximum atomic E-state index is 11.6. The number of nitrogens with zero attached hydrogens (tertiary/aromatic N) is 2. The number of hydrogen-bond acceptors (Lipinski definition) is 4. The van der Waals surface area contributed by atoms with Gasteiger partial charge in [-0.2, -0.15) is 0 Å². The Morgan fingerprint density at radius 3 is 3.00 bits per heavy atom. The number of thiazole rings is 1. The molecular weight excluding hydrogens is 246 g/mol. The van der Waals surface area contributed by atoms with E-state index in [4.69, 9.17) is 0 Å². The van der Waals surface area contributed by atoms with Crippen LogP contribution in [0.1, 0.15) is 22.8 Å². The van der Waals surface area contributed by atoms with Crippen molar-refractivity contribution < 1.29 is 4.79 Å². The molecule has 0 unspecified atom stereocenters. The minimum atomic E-state index is 0.0357. The van der Waals surface area contributed by atoms with Crippen molar-refractivity contribution in [3.8, 4) is 0 Å². The van der Waals surface area contributed by atoms with Gasteiger partial charge in [-0.3, -0.25) is 9.78 Å². The van der Waals surface area contributed by atoms with Gasteiger partial charge in [0.1, 0.15) is 5.01 Å². The average molecular weight is 261 g/mol. The third-order valence-corrected chi connectivity index (χ3v) is 3.40. The Hall–Kier alpha value is -1.75. The van der Waals surface area contributed by atoms with E-state index >= 15 is 0 Å². The standard InChI is InChI=1S/C13H15N3OS/c1-10-9-18-13(16-10)8-15-12(17)6-5-11-4-2-3-7-14-11/h2-4,7,9H,5-6,8H2,1H3,(H,15,17). The molecule has 5 heteroatoms. The Kier molecular flexibility index (Phi) is 4.41. The predicted molar refractivity (Wildman–Crippen MR) is 71.3 cm³/mol. The lowest BCUT2D eigenvalue weighted by atomic mass is 10.2. The second kappa shape index (κ2) is 6.26. The predicted octanol–water partition coefficient (Wildman–Crippen LogP) is 2.10. The van der Waals surface area contributed by atoms with Crippen LogP contribution < -0.4 is 5.32 Å². The van der Waals surface area contributed by atoms with E-state index in [-0.39, 0.29) is 5.91 Å².